The zero-order chi connectivity index (χ0) is 27.4. The minimum Gasteiger partial charge on any atom is -0.747 e. The number of carbonyl (C=O) groups excluding carboxylic acids is 2. The van der Waals surface area contributed by atoms with Gasteiger partial charge in [0.1, 0.15) is 16.4 Å². The molecule has 0 aliphatic rings. The maximum absolute atomic E-state index is 11.9. The normalized spacial score (nSPS) is 11.7. The molecule has 2 heterocycles. The summed E-state index contributed by atoms with van der Waals surface area (Å²) in [6, 6.07) is 1.81. The summed E-state index contributed by atoms with van der Waals surface area (Å²) in [6.45, 7) is 4.44. The number of esters is 2. The van der Waals surface area contributed by atoms with Crippen molar-refractivity contribution in [3.63, 3.8) is 0 Å². The second kappa shape index (κ2) is 22.2. The van der Waals surface area contributed by atoms with Crippen molar-refractivity contribution in [1.29, 1.82) is 0 Å². The monoisotopic (exact) mass is 564 g/mol. The molecule has 13 heteroatoms. The van der Waals surface area contributed by atoms with E-state index in [1.165, 1.54) is 12.7 Å². The van der Waals surface area contributed by atoms with Gasteiger partial charge in [-0.3, -0.25) is 9.59 Å². The number of hydrogen-bond donors (Lipinski definition) is 0. The van der Waals surface area contributed by atoms with Gasteiger partial charge in [0.2, 0.25) is 0 Å². The van der Waals surface area contributed by atoms with Crippen molar-refractivity contribution in [2.24, 2.45) is 0 Å². The smallest absolute Gasteiger partial charge is 0.747 e. The zero-order valence-corrected chi connectivity index (χ0v) is 25.9. The summed E-state index contributed by atoms with van der Waals surface area (Å²) < 4.78 is 45.4. The molecule has 38 heavy (non-hydrogen) atoms. The van der Waals surface area contributed by atoms with Crippen LogP contribution in [0.3, 0.4) is 0 Å². The molecule has 1 unspecified atom stereocenters. The molecule has 0 saturated heterocycles. The number of ether oxygens (including phenoxy) is 2. The molecule has 0 aliphatic carbocycles. The van der Waals surface area contributed by atoms with Gasteiger partial charge >= 0.3 is 41.5 Å². The first-order valence-corrected chi connectivity index (χ1v) is 14.6. The molecule has 0 spiro atoms. The van der Waals surface area contributed by atoms with Crippen molar-refractivity contribution < 1.29 is 61.6 Å². The summed E-state index contributed by atoms with van der Waals surface area (Å²) in [5.41, 5.74) is 0. The summed E-state index contributed by atoms with van der Waals surface area (Å²) in [6.07, 6.45) is 16.1. The second-order valence-corrected chi connectivity index (χ2v) is 10.3. The molecule has 0 radical (unpaired) electrons. The number of rotatable bonds is 18. The number of aromatic nitrogens is 4. The number of fused-ring (bicyclic) bond motifs is 1. The van der Waals surface area contributed by atoms with E-state index in [9.17, 15) is 22.6 Å². The van der Waals surface area contributed by atoms with Crippen molar-refractivity contribution in [2.75, 3.05) is 13.2 Å². The molecule has 0 bridgehead atoms. The summed E-state index contributed by atoms with van der Waals surface area (Å²) in [5, 5.41) is 1.82. The third kappa shape index (κ3) is 17.1. The summed E-state index contributed by atoms with van der Waals surface area (Å²) >= 11 is 0. The van der Waals surface area contributed by atoms with Gasteiger partial charge in [-0.15, -0.1) is 0 Å². The molecule has 0 aromatic carbocycles. The maximum Gasteiger partial charge on any atom is 1.00 e. The van der Waals surface area contributed by atoms with Crippen LogP contribution in [0, 0.1) is 0 Å². The van der Waals surface area contributed by atoms with Gasteiger partial charge in [0.25, 0.3) is 5.78 Å². The van der Waals surface area contributed by atoms with Crippen LogP contribution < -0.4 is 29.6 Å². The summed E-state index contributed by atoms with van der Waals surface area (Å²) in [5.74, 6) is -1.40. The topological polar surface area (TPSA) is 153 Å². The van der Waals surface area contributed by atoms with Gasteiger partial charge in [-0.05, 0) is 18.9 Å². The molecular weight excluding hydrogens is 523 g/mol. The van der Waals surface area contributed by atoms with Gasteiger partial charge in [-0.25, -0.2) is 17.9 Å². The van der Waals surface area contributed by atoms with Crippen molar-refractivity contribution in [3.05, 3.63) is 24.8 Å². The van der Waals surface area contributed by atoms with Crippen LogP contribution in [-0.2, 0) is 29.2 Å². The molecule has 0 amide bonds. The van der Waals surface area contributed by atoms with Crippen molar-refractivity contribution >= 4 is 27.8 Å². The second-order valence-electron chi connectivity index (χ2n) is 8.73. The summed E-state index contributed by atoms with van der Waals surface area (Å²) in [4.78, 5) is 31.5. The molecule has 210 valence electrons. The predicted octanol–water partition coefficient (Wildman–Crippen LogP) is 1.23. The number of nitrogens with zero attached hydrogens (tertiary/aromatic N) is 4. The molecule has 11 nitrogen and oxygen atoms in total. The van der Waals surface area contributed by atoms with E-state index in [1.807, 2.05) is 6.07 Å². The van der Waals surface area contributed by atoms with E-state index < -0.39 is 33.7 Å². The molecule has 2 aromatic heterocycles. The third-order valence-corrected chi connectivity index (χ3v) is 6.58. The van der Waals surface area contributed by atoms with Crippen LogP contribution in [0.25, 0.3) is 5.78 Å². The first-order chi connectivity index (χ1) is 17.8. The van der Waals surface area contributed by atoms with Crippen LogP contribution in [0.5, 0.6) is 0 Å². The minimum absolute atomic E-state index is 0. The van der Waals surface area contributed by atoms with Crippen LogP contribution in [0.1, 0.15) is 97.3 Å². The minimum atomic E-state index is -4.98. The molecule has 0 N–H and O–H groups in total. The number of hydrogen-bond acceptors (Lipinski definition) is 10. The fourth-order valence-corrected chi connectivity index (χ4v) is 4.05. The average Bonchev–Trinajstić information content (AvgIpc) is 3.35. The van der Waals surface area contributed by atoms with E-state index >= 15 is 0 Å². The van der Waals surface area contributed by atoms with Gasteiger partial charge in [-0.2, -0.15) is 10.1 Å². The first-order valence-electron chi connectivity index (χ1n) is 13.2. The quantitative estimate of drug-likeness (QED) is 0.112. The molecule has 0 fully saturated rings. The van der Waals surface area contributed by atoms with E-state index in [1.54, 1.807) is 16.9 Å². The number of unbranched alkanes of at least 4 members (excludes halogenated alkanes) is 10. The Balaban J connectivity index is 0.00000113. The van der Waals surface area contributed by atoms with E-state index in [2.05, 4.69) is 28.9 Å². The van der Waals surface area contributed by atoms with E-state index in [-0.39, 0.29) is 42.8 Å². The zero-order valence-electron chi connectivity index (χ0n) is 23.0. The molecule has 2 rings (SSSR count). The molecule has 0 aliphatic heterocycles. The maximum atomic E-state index is 11.9. The van der Waals surface area contributed by atoms with Crippen LogP contribution in [0.15, 0.2) is 24.8 Å². The van der Waals surface area contributed by atoms with Crippen LogP contribution in [0.4, 0.5) is 0 Å². The van der Waals surface area contributed by atoms with Crippen molar-refractivity contribution in [2.45, 2.75) is 103 Å². The number of carbonyl (C=O) groups is 2. The van der Waals surface area contributed by atoms with E-state index in [4.69, 9.17) is 9.47 Å². The van der Waals surface area contributed by atoms with Gasteiger partial charge in [0.05, 0.1) is 19.6 Å². The first kappa shape index (κ1) is 36.4. The third-order valence-electron chi connectivity index (χ3n) is 5.52. The van der Waals surface area contributed by atoms with E-state index in [0.29, 0.717) is 18.6 Å². The fourth-order valence-electron chi connectivity index (χ4n) is 3.40. The predicted molar refractivity (Wildman–Crippen MR) is 138 cm³/mol. The van der Waals surface area contributed by atoms with Crippen molar-refractivity contribution in [1.82, 2.24) is 19.6 Å². The van der Waals surface area contributed by atoms with Gasteiger partial charge in [-0.1, -0.05) is 78.1 Å². The average molecular weight is 565 g/mol. The Morgan fingerprint density at radius 1 is 0.895 bits per heavy atom. The Morgan fingerprint density at radius 2 is 1.45 bits per heavy atom. The van der Waals surface area contributed by atoms with Crippen LogP contribution in [-0.4, -0.2) is 63.0 Å². The van der Waals surface area contributed by atoms with Gasteiger partial charge in [0.15, 0.2) is 5.25 Å². The molecular formula is C25H41N4NaO7S. The van der Waals surface area contributed by atoms with Crippen LogP contribution in [0.2, 0.25) is 0 Å². The van der Waals surface area contributed by atoms with Gasteiger partial charge < -0.3 is 14.0 Å². The standard InChI is InChI=1S/C20H38O7S.C5H4N4.Na/c1-3-5-7-9-11-13-15-26-19(21)17-18(28(23,24)25)20(22)27-16-14-12-10-8-6-4-2;1-2-6-5-7-4-8-9(5)3-1;/h18H,3-17H2,1-2H3,(H,23,24,25);1-4H;/q;;+1/p-1. The largest absolute Gasteiger partial charge is 1.00 e. The molecule has 0 saturated carbocycles. The SMILES string of the molecule is CCCCCCCCOC(=O)CC(C(=O)OCCCCCCCC)S(=O)(=O)[O-].[Na+].c1cnc2ncnn2c1. The van der Waals surface area contributed by atoms with Crippen LogP contribution >= 0.6 is 0 Å². The Labute approximate surface area is 248 Å². The Morgan fingerprint density at radius 3 is 2.00 bits per heavy atom. The summed E-state index contributed by atoms with van der Waals surface area (Å²) in [7, 11) is -4.98. The van der Waals surface area contributed by atoms with Gasteiger partial charge in [0, 0.05) is 12.4 Å². The Bertz CT molecular complexity index is 974. The van der Waals surface area contributed by atoms with Crippen molar-refractivity contribution in [3.8, 4) is 0 Å². The molecule has 1 atom stereocenters. The van der Waals surface area contributed by atoms with E-state index in [0.717, 1.165) is 57.8 Å². The molecule has 2 aromatic rings. The Kier molecular flexibility index (Phi) is 21.3. The Hall–Kier alpha value is -1.60. The fraction of sp³-hybridized carbons (Fsp3) is 0.720.